The zero-order valence-corrected chi connectivity index (χ0v) is 23.0. The van der Waals surface area contributed by atoms with Crippen LogP contribution in [0.15, 0.2) is 66.7 Å². The summed E-state index contributed by atoms with van der Waals surface area (Å²) < 4.78 is 10.8. The number of rotatable bonds is 13. The molecule has 0 aliphatic carbocycles. The van der Waals surface area contributed by atoms with Gasteiger partial charge in [-0.05, 0) is 99.0 Å². The van der Waals surface area contributed by atoms with Crippen molar-refractivity contribution in [2.24, 2.45) is 0 Å². The molecule has 0 atom stereocenters. The number of carboxylic acid groups (broad SMARTS) is 1. The van der Waals surface area contributed by atoms with E-state index >= 15 is 0 Å². The normalized spacial score (nSPS) is 10.6. The van der Waals surface area contributed by atoms with Crippen LogP contribution in [0.3, 0.4) is 0 Å². The molecule has 8 nitrogen and oxygen atoms in total. The summed E-state index contributed by atoms with van der Waals surface area (Å²) in [6.07, 6.45) is 0.297. The number of hydrogen-bond acceptors (Lipinski definition) is 5. The maximum atomic E-state index is 13.7. The molecule has 3 aromatic carbocycles. The van der Waals surface area contributed by atoms with Gasteiger partial charge in [0, 0.05) is 42.9 Å². The third-order valence-corrected chi connectivity index (χ3v) is 6.47. The van der Waals surface area contributed by atoms with Crippen molar-refractivity contribution in [1.29, 1.82) is 0 Å². The zero-order chi connectivity index (χ0) is 28.4. The fraction of sp³-hybridized carbons (Fsp3) is 0.323. The average Bonchev–Trinajstić information content (AvgIpc) is 2.93. The van der Waals surface area contributed by atoms with Gasteiger partial charge in [-0.3, -0.25) is 14.4 Å². The van der Waals surface area contributed by atoms with Gasteiger partial charge in [-0.25, -0.2) is 0 Å². The van der Waals surface area contributed by atoms with Crippen LogP contribution in [0.25, 0.3) is 0 Å². The number of ether oxygens (including phenoxy) is 2. The lowest BCUT2D eigenvalue weighted by atomic mass is 10.0. The molecule has 3 rings (SSSR count). The first-order chi connectivity index (χ1) is 18.7. The molecule has 206 valence electrons. The number of carboxylic acids is 1. The highest BCUT2D eigenvalue weighted by molar-refractivity contribution is 6.07. The highest BCUT2D eigenvalue weighted by Gasteiger charge is 2.22. The molecular formula is C31H36N2O6. The molecule has 8 heteroatoms. The fourth-order valence-corrected chi connectivity index (χ4v) is 4.16. The van der Waals surface area contributed by atoms with E-state index in [1.54, 1.807) is 71.5 Å². The monoisotopic (exact) mass is 532 g/mol. The first kappa shape index (κ1) is 29.2. The standard InChI is InChI=1S/C31H36N2O6/c1-5-39-28-16-12-25(13-17-28)32(19-6-7-30(35)36)29(34)18-20-33(26-10-14-27(38-4)15-11-26)31(37)24-9-8-22(2)23(3)21-24/h8-17,21H,5-7,18-20H2,1-4H3,(H,35,36). The molecule has 0 saturated carbocycles. The Kier molecular flexibility index (Phi) is 10.5. The summed E-state index contributed by atoms with van der Waals surface area (Å²) in [5.74, 6) is 0.00151. The summed E-state index contributed by atoms with van der Waals surface area (Å²) in [4.78, 5) is 41.4. The molecule has 0 heterocycles. The van der Waals surface area contributed by atoms with Crippen molar-refractivity contribution < 1.29 is 29.0 Å². The number of hydrogen-bond donors (Lipinski definition) is 1. The van der Waals surface area contributed by atoms with Crippen molar-refractivity contribution in [3.8, 4) is 11.5 Å². The summed E-state index contributed by atoms with van der Waals surface area (Å²) in [6, 6.07) is 19.8. The summed E-state index contributed by atoms with van der Waals surface area (Å²) in [5, 5.41) is 9.10. The number of benzene rings is 3. The summed E-state index contributed by atoms with van der Waals surface area (Å²) in [5.41, 5.74) is 3.92. The smallest absolute Gasteiger partial charge is 0.303 e. The Morgan fingerprint density at radius 2 is 1.38 bits per heavy atom. The first-order valence-electron chi connectivity index (χ1n) is 13.0. The molecule has 0 saturated heterocycles. The topological polar surface area (TPSA) is 96.4 Å². The predicted octanol–water partition coefficient (Wildman–Crippen LogP) is 5.65. The fourth-order valence-electron chi connectivity index (χ4n) is 4.16. The molecule has 0 bridgehead atoms. The summed E-state index contributed by atoms with van der Waals surface area (Å²) in [7, 11) is 1.57. The van der Waals surface area contributed by atoms with Crippen LogP contribution in [0.2, 0.25) is 0 Å². The van der Waals surface area contributed by atoms with Crippen molar-refractivity contribution >= 4 is 29.2 Å². The lowest BCUT2D eigenvalue weighted by Crippen LogP contribution is -2.38. The van der Waals surface area contributed by atoms with E-state index < -0.39 is 5.97 Å². The molecule has 0 radical (unpaired) electrons. The van der Waals surface area contributed by atoms with E-state index in [1.807, 2.05) is 32.9 Å². The maximum absolute atomic E-state index is 13.7. The number of carbonyl (C=O) groups is 3. The van der Waals surface area contributed by atoms with Crippen molar-refractivity contribution in [3.63, 3.8) is 0 Å². The van der Waals surface area contributed by atoms with Gasteiger partial charge in [0.1, 0.15) is 11.5 Å². The average molecular weight is 533 g/mol. The minimum Gasteiger partial charge on any atom is -0.497 e. The maximum Gasteiger partial charge on any atom is 0.303 e. The Hall–Kier alpha value is -4.33. The Morgan fingerprint density at radius 3 is 1.95 bits per heavy atom. The molecule has 0 spiro atoms. The van der Waals surface area contributed by atoms with Crippen molar-refractivity contribution in [3.05, 3.63) is 83.4 Å². The van der Waals surface area contributed by atoms with Gasteiger partial charge < -0.3 is 24.4 Å². The van der Waals surface area contributed by atoms with Crippen LogP contribution in [0.5, 0.6) is 11.5 Å². The molecule has 2 amide bonds. The highest BCUT2D eigenvalue weighted by Crippen LogP contribution is 2.24. The number of amides is 2. The zero-order valence-electron chi connectivity index (χ0n) is 23.0. The van der Waals surface area contributed by atoms with Crippen LogP contribution >= 0.6 is 0 Å². The molecular weight excluding hydrogens is 496 g/mol. The van der Waals surface area contributed by atoms with Crippen molar-refractivity contribution in [1.82, 2.24) is 0 Å². The first-order valence-corrected chi connectivity index (χ1v) is 13.0. The lowest BCUT2D eigenvalue weighted by molar-refractivity contribution is -0.137. The molecule has 0 aliphatic rings. The SMILES string of the molecule is CCOc1ccc(N(CCCC(=O)O)C(=O)CCN(C(=O)c2ccc(C)c(C)c2)c2ccc(OC)cc2)cc1. The van der Waals surface area contributed by atoms with E-state index in [4.69, 9.17) is 14.6 Å². The van der Waals surface area contributed by atoms with E-state index in [1.165, 1.54) is 0 Å². The van der Waals surface area contributed by atoms with Crippen LogP contribution in [0, 0.1) is 13.8 Å². The second-order valence-electron chi connectivity index (χ2n) is 9.17. The van der Waals surface area contributed by atoms with E-state index in [-0.39, 0.29) is 37.7 Å². The third-order valence-electron chi connectivity index (χ3n) is 6.47. The molecule has 3 aromatic rings. The second-order valence-corrected chi connectivity index (χ2v) is 9.17. The number of aryl methyl sites for hydroxylation is 2. The number of nitrogens with zero attached hydrogens (tertiary/aromatic N) is 2. The number of anilines is 2. The summed E-state index contributed by atoms with van der Waals surface area (Å²) >= 11 is 0. The van der Waals surface area contributed by atoms with Gasteiger partial charge in [0.15, 0.2) is 0 Å². The van der Waals surface area contributed by atoms with Crippen molar-refractivity contribution in [2.75, 3.05) is 36.6 Å². The predicted molar refractivity (Wildman–Crippen MR) is 152 cm³/mol. The number of methoxy groups -OCH3 is 1. The molecule has 0 aliphatic heterocycles. The van der Waals surface area contributed by atoms with Gasteiger partial charge in [-0.15, -0.1) is 0 Å². The van der Waals surface area contributed by atoms with Gasteiger partial charge in [-0.2, -0.15) is 0 Å². The Morgan fingerprint density at radius 1 is 0.769 bits per heavy atom. The molecule has 0 aromatic heterocycles. The minimum atomic E-state index is -0.918. The van der Waals surface area contributed by atoms with Crippen LogP contribution in [0.1, 0.15) is 47.7 Å². The largest absolute Gasteiger partial charge is 0.497 e. The quantitative estimate of drug-likeness (QED) is 0.306. The molecule has 0 unspecified atom stereocenters. The Labute approximate surface area is 229 Å². The van der Waals surface area contributed by atoms with Crippen LogP contribution in [-0.4, -0.2) is 49.7 Å². The van der Waals surface area contributed by atoms with E-state index in [2.05, 4.69) is 0 Å². The Balaban J connectivity index is 1.85. The third kappa shape index (κ3) is 8.07. The van der Waals surface area contributed by atoms with Crippen molar-refractivity contribution in [2.45, 2.75) is 40.0 Å². The molecule has 0 fully saturated rings. The van der Waals surface area contributed by atoms with Gasteiger partial charge in [0.05, 0.1) is 13.7 Å². The van der Waals surface area contributed by atoms with Gasteiger partial charge >= 0.3 is 5.97 Å². The number of aliphatic carboxylic acids is 1. The van der Waals surface area contributed by atoms with Crippen LogP contribution in [-0.2, 0) is 9.59 Å². The summed E-state index contributed by atoms with van der Waals surface area (Å²) in [6.45, 7) is 6.75. The van der Waals surface area contributed by atoms with Gasteiger partial charge in [0.25, 0.3) is 5.91 Å². The molecule has 1 N–H and O–H groups in total. The van der Waals surface area contributed by atoms with E-state index in [0.717, 1.165) is 11.1 Å². The second kappa shape index (κ2) is 14.0. The minimum absolute atomic E-state index is 0.0445. The van der Waals surface area contributed by atoms with Gasteiger partial charge in [-0.1, -0.05) is 6.07 Å². The lowest BCUT2D eigenvalue weighted by Gasteiger charge is -2.27. The van der Waals surface area contributed by atoms with Gasteiger partial charge in [0.2, 0.25) is 5.91 Å². The van der Waals surface area contributed by atoms with Crippen LogP contribution in [0.4, 0.5) is 11.4 Å². The highest BCUT2D eigenvalue weighted by atomic mass is 16.5. The Bertz CT molecular complexity index is 1270. The van der Waals surface area contributed by atoms with E-state index in [9.17, 15) is 14.4 Å². The van der Waals surface area contributed by atoms with Crippen LogP contribution < -0.4 is 19.3 Å². The van der Waals surface area contributed by atoms with E-state index in [0.29, 0.717) is 41.5 Å². The molecule has 39 heavy (non-hydrogen) atoms. The number of carbonyl (C=O) groups excluding carboxylic acids is 2.